The van der Waals surface area contributed by atoms with Crippen molar-refractivity contribution >= 4 is 33.1 Å². The number of alkyl halides is 2. The minimum Gasteiger partial charge on any atom is -0.493 e. The van der Waals surface area contributed by atoms with Gasteiger partial charge in [-0.1, -0.05) is 0 Å². The van der Waals surface area contributed by atoms with Crippen LogP contribution in [0.25, 0.3) is 10.2 Å². The van der Waals surface area contributed by atoms with E-state index in [-0.39, 0.29) is 11.5 Å². The number of nitrogens with zero attached hydrogens (tertiary/aromatic N) is 2. The Labute approximate surface area is 134 Å². The normalized spacial score (nSPS) is 11.0. The third-order valence-electron chi connectivity index (χ3n) is 3.10. The number of halogens is 2. The lowest BCUT2D eigenvalue weighted by atomic mass is 10.2. The summed E-state index contributed by atoms with van der Waals surface area (Å²) in [5, 5.41) is 3.98. The molecule has 0 unspecified atom stereocenters. The van der Waals surface area contributed by atoms with E-state index >= 15 is 0 Å². The zero-order chi connectivity index (χ0) is 16.4. The van der Waals surface area contributed by atoms with Crippen LogP contribution >= 0.6 is 11.3 Å². The van der Waals surface area contributed by atoms with Crippen LogP contribution < -0.4 is 14.8 Å². The summed E-state index contributed by atoms with van der Waals surface area (Å²) in [6, 6.07) is 6.67. The molecule has 120 valence electrons. The van der Waals surface area contributed by atoms with Crippen LogP contribution in [0, 0.1) is 6.92 Å². The smallest absolute Gasteiger partial charge is 0.387 e. The van der Waals surface area contributed by atoms with Crippen LogP contribution in [0.4, 0.5) is 20.3 Å². The predicted octanol–water partition coefficient (Wildman–Crippen LogP) is 4.35. The van der Waals surface area contributed by atoms with Crippen molar-refractivity contribution in [3.63, 3.8) is 0 Å². The zero-order valence-corrected chi connectivity index (χ0v) is 13.2. The lowest BCUT2D eigenvalue weighted by molar-refractivity contribution is -0.0511. The van der Waals surface area contributed by atoms with Gasteiger partial charge in [-0.2, -0.15) is 8.78 Å². The molecule has 0 aliphatic rings. The number of methoxy groups -OCH3 is 1. The van der Waals surface area contributed by atoms with Gasteiger partial charge in [-0.05, 0) is 25.1 Å². The van der Waals surface area contributed by atoms with E-state index in [1.165, 1.54) is 19.5 Å². The number of hydrogen-bond acceptors (Lipinski definition) is 6. The third-order valence-corrected chi connectivity index (χ3v) is 4.05. The van der Waals surface area contributed by atoms with Gasteiger partial charge in [-0.25, -0.2) is 9.97 Å². The van der Waals surface area contributed by atoms with E-state index in [0.717, 1.165) is 15.1 Å². The van der Waals surface area contributed by atoms with Gasteiger partial charge in [0.15, 0.2) is 11.5 Å². The number of aromatic nitrogens is 2. The molecule has 0 radical (unpaired) electrons. The summed E-state index contributed by atoms with van der Waals surface area (Å²) in [6.07, 6.45) is 1.46. The van der Waals surface area contributed by atoms with Gasteiger partial charge in [0.05, 0.1) is 12.5 Å². The highest BCUT2D eigenvalue weighted by Gasteiger charge is 2.13. The standard InChI is InChI=1S/C15H13F2N3O2S/c1-8-5-10-13(18-7-19-14(10)23-8)20-9-3-4-11(21-2)12(6-9)22-15(16)17/h3-7,15H,1-2H3,(H,18,19,20). The molecule has 5 nitrogen and oxygen atoms in total. The summed E-state index contributed by atoms with van der Waals surface area (Å²) in [4.78, 5) is 10.4. The summed E-state index contributed by atoms with van der Waals surface area (Å²) in [5.74, 6) is 0.793. The van der Waals surface area contributed by atoms with E-state index in [1.54, 1.807) is 23.5 Å². The maximum absolute atomic E-state index is 12.5. The fourth-order valence-corrected chi connectivity index (χ4v) is 3.00. The van der Waals surface area contributed by atoms with Crippen molar-refractivity contribution in [2.24, 2.45) is 0 Å². The lowest BCUT2D eigenvalue weighted by Crippen LogP contribution is -2.04. The number of ether oxygens (including phenoxy) is 2. The molecule has 23 heavy (non-hydrogen) atoms. The van der Waals surface area contributed by atoms with E-state index < -0.39 is 6.61 Å². The molecule has 1 aromatic carbocycles. The molecule has 0 saturated heterocycles. The third kappa shape index (κ3) is 3.31. The molecule has 0 amide bonds. The Kier molecular flexibility index (Phi) is 4.24. The van der Waals surface area contributed by atoms with Crippen LogP contribution in [0.2, 0.25) is 0 Å². The van der Waals surface area contributed by atoms with Gasteiger partial charge in [-0.15, -0.1) is 11.3 Å². The Morgan fingerprint density at radius 3 is 2.74 bits per heavy atom. The Bertz CT molecular complexity index is 839. The second-order valence-electron chi connectivity index (χ2n) is 4.67. The summed E-state index contributed by atoms with van der Waals surface area (Å²) in [6.45, 7) is -0.942. The number of thiophene rings is 1. The monoisotopic (exact) mass is 337 g/mol. The zero-order valence-electron chi connectivity index (χ0n) is 12.3. The van der Waals surface area contributed by atoms with Gasteiger partial charge >= 0.3 is 6.61 Å². The molecule has 3 rings (SSSR count). The topological polar surface area (TPSA) is 56.3 Å². The van der Waals surface area contributed by atoms with Crippen LogP contribution in [0.1, 0.15) is 4.88 Å². The Morgan fingerprint density at radius 2 is 2.00 bits per heavy atom. The summed E-state index contributed by atoms with van der Waals surface area (Å²) in [5.41, 5.74) is 0.560. The van der Waals surface area contributed by atoms with Crippen LogP contribution in [0.15, 0.2) is 30.6 Å². The number of benzene rings is 1. The minimum absolute atomic E-state index is 0.0423. The molecular weight excluding hydrogens is 324 g/mol. The number of rotatable bonds is 5. The van der Waals surface area contributed by atoms with Crippen LogP contribution in [-0.4, -0.2) is 23.7 Å². The van der Waals surface area contributed by atoms with Crippen molar-refractivity contribution in [2.45, 2.75) is 13.5 Å². The molecule has 0 spiro atoms. The van der Waals surface area contributed by atoms with Crippen molar-refractivity contribution in [3.05, 3.63) is 35.5 Å². The maximum Gasteiger partial charge on any atom is 0.387 e. The first kappa shape index (κ1) is 15.4. The largest absolute Gasteiger partial charge is 0.493 e. The molecule has 2 heterocycles. The first-order chi connectivity index (χ1) is 11.1. The second-order valence-corrected chi connectivity index (χ2v) is 5.90. The fraction of sp³-hybridized carbons (Fsp3) is 0.200. The van der Waals surface area contributed by atoms with E-state index in [0.29, 0.717) is 11.5 Å². The lowest BCUT2D eigenvalue weighted by Gasteiger charge is -2.12. The number of aryl methyl sites for hydroxylation is 1. The quantitative estimate of drug-likeness (QED) is 0.750. The average molecular weight is 337 g/mol. The molecule has 0 saturated carbocycles. The van der Waals surface area contributed by atoms with E-state index in [4.69, 9.17) is 4.74 Å². The molecule has 0 aliphatic carbocycles. The highest BCUT2D eigenvalue weighted by atomic mass is 32.1. The summed E-state index contributed by atoms with van der Waals surface area (Å²) in [7, 11) is 1.39. The number of anilines is 2. The van der Waals surface area contributed by atoms with Gasteiger partial charge in [-0.3, -0.25) is 0 Å². The van der Waals surface area contributed by atoms with Crippen LogP contribution in [0.5, 0.6) is 11.5 Å². The van der Waals surface area contributed by atoms with Gasteiger partial charge in [0.2, 0.25) is 0 Å². The highest BCUT2D eigenvalue weighted by Crippen LogP contribution is 2.34. The number of fused-ring (bicyclic) bond motifs is 1. The Balaban J connectivity index is 1.95. The molecular formula is C15H13F2N3O2S. The molecule has 2 aromatic heterocycles. The van der Waals surface area contributed by atoms with Crippen molar-refractivity contribution in [1.29, 1.82) is 0 Å². The van der Waals surface area contributed by atoms with Gasteiger partial charge in [0.25, 0.3) is 0 Å². The van der Waals surface area contributed by atoms with E-state index in [2.05, 4.69) is 20.0 Å². The predicted molar refractivity (Wildman–Crippen MR) is 85.1 cm³/mol. The van der Waals surface area contributed by atoms with Crippen molar-refractivity contribution in [1.82, 2.24) is 9.97 Å². The molecule has 0 aliphatic heterocycles. The summed E-state index contributed by atoms with van der Waals surface area (Å²) < 4.78 is 34.5. The molecule has 1 N–H and O–H groups in total. The molecule has 8 heteroatoms. The molecule has 0 atom stereocenters. The van der Waals surface area contributed by atoms with Crippen molar-refractivity contribution in [2.75, 3.05) is 12.4 Å². The number of nitrogens with one attached hydrogen (secondary N) is 1. The second kappa shape index (κ2) is 6.33. The summed E-state index contributed by atoms with van der Waals surface area (Å²) >= 11 is 1.56. The SMILES string of the molecule is COc1ccc(Nc2ncnc3sc(C)cc23)cc1OC(F)F. The maximum atomic E-state index is 12.5. The average Bonchev–Trinajstić information content (AvgIpc) is 2.88. The van der Waals surface area contributed by atoms with Crippen LogP contribution in [0.3, 0.4) is 0 Å². The fourth-order valence-electron chi connectivity index (χ4n) is 2.15. The first-order valence-corrected chi connectivity index (χ1v) is 7.49. The molecule has 0 bridgehead atoms. The van der Waals surface area contributed by atoms with Crippen molar-refractivity contribution < 1.29 is 18.3 Å². The first-order valence-electron chi connectivity index (χ1n) is 6.68. The van der Waals surface area contributed by atoms with Gasteiger partial charge < -0.3 is 14.8 Å². The minimum atomic E-state index is -2.93. The van der Waals surface area contributed by atoms with Crippen molar-refractivity contribution in [3.8, 4) is 11.5 Å². The number of hydrogen-bond donors (Lipinski definition) is 1. The van der Waals surface area contributed by atoms with Gasteiger partial charge in [0.1, 0.15) is 17.0 Å². The van der Waals surface area contributed by atoms with E-state index in [1.807, 2.05) is 13.0 Å². The Hall–Kier alpha value is -2.48. The Morgan fingerprint density at radius 1 is 1.17 bits per heavy atom. The van der Waals surface area contributed by atoms with Crippen LogP contribution in [-0.2, 0) is 0 Å². The van der Waals surface area contributed by atoms with Gasteiger partial charge in [0, 0.05) is 16.6 Å². The molecule has 0 fully saturated rings. The molecule has 3 aromatic rings. The highest BCUT2D eigenvalue weighted by molar-refractivity contribution is 7.18. The van der Waals surface area contributed by atoms with E-state index in [9.17, 15) is 8.78 Å².